The van der Waals surface area contributed by atoms with Crippen molar-refractivity contribution in [2.24, 2.45) is 0 Å². The standard InChI is InChI=1S/C10H14N4OS/c1-7(2)14-4-3-13(10(14)15)6-8-5-12-9(11)16-8/h3-5,7H,6H2,1-2H3,(H2,11,12). The fourth-order valence-electron chi connectivity index (χ4n) is 1.51. The largest absolute Gasteiger partial charge is 0.375 e. The van der Waals surface area contributed by atoms with Gasteiger partial charge in [-0.2, -0.15) is 0 Å². The summed E-state index contributed by atoms with van der Waals surface area (Å²) in [5, 5.41) is 0.534. The average Bonchev–Trinajstić information content (AvgIpc) is 2.76. The lowest BCUT2D eigenvalue weighted by Crippen LogP contribution is -2.25. The number of hydrogen-bond acceptors (Lipinski definition) is 4. The predicted octanol–water partition coefficient (Wildman–Crippen LogP) is 1.32. The van der Waals surface area contributed by atoms with Crippen molar-refractivity contribution in [1.82, 2.24) is 14.1 Å². The molecule has 0 atom stereocenters. The van der Waals surface area contributed by atoms with Crippen LogP contribution in [-0.2, 0) is 6.54 Å². The third kappa shape index (κ3) is 2.01. The van der Waals surface area contributed by atoms with E-state index in [-0.39, 0.29) is 11.7 Å². The molecule has 16 heavy (non-hydrogen) atoms. The SMILES string of the molecule is CC(C)n1ccn(Cc2cnc(N)s2)c1=O. The molecule has 2 aromatic heterocycles. The minimum Gasteiger partial charge on any atom is -0.375 e. The summed E-state index contributed by atoms with van der Waals surface area (Å²) in [7, 11) is 0. The Morgan fingerprint density at radius 1 is 1.50 bits per heavy atom. The Morgan fingerprint density at radius 2 is 2.25 bits per heavy atom. The predicted molar refractivity (Wildman–Crippen MR) is 64.7 cm³/mol. The van der Waals surface area contributed by atoms with E-state index in [0.717, 1.165) is 4.88 Å². The van der Waals surface area contributed by atoms with Crippen LogP contribution < -0.4 is 11.4 Å². The molecule has 0 bridgehead atoms. The van der Waals surface area contributed by atoms with Crippen molar-refractivity contribution in [3.63, 3.8) is 0 Å². The van der Waals surface area contributed by atoms with Crippen molar-refractivity contribution in [1.29, 1.82) is 0 Å². The van der Waals surface area contributed by atoms with E-state index in [1.54, 1.807) is 27.7 Å². The van der Waals surface area contributed by atoms with Crippen molar-refractivity contribution < 1.29 is 0 Å². The number of nitrogens with zero attached hydrogens (tertiary/aromatic N) is 3. The first kappa shape index (κ1) is 10.9. The molecule has 86 valence electrons. The average molecular weight is 238 g/mol. The minimum absolute atomic E-state index is 0.00183. The topological polar surface area (TPSA) is 65.8 Å². The van der Waals surface area contributed by atoms with Gasteiger partial charge in [0.05, 0.1) is 6.54 Å². The van der Waals surface area contributed by atoms with E-state index < -0.39 is 0 Å². The summed E-state index contributed by atoms with van der Waals surface area (Å²) in [5.74, 6) is 0. The van der Waals surface area contributed by atoms with Crippen molar-refractivity contribution in [2.45, 2.75) is 26.4 Å². The molecule has 6 heteroatoms. The monoisotopic (exact) mass is 238 g/mol. The van der Waals surface area contributed by atoms with E-state index in [4.69, 9.17) is 5.73 Å². The van der Waals surface area contributed by atoms with Gasteiger partial charge in [0.15, 0.2) is 5.13 Å². The van der Waals surface area contributed by atoms with Gasteiger partial charge in [0, 0.05) is 29.5 Å². The molecule has 5 nitrogen and oxygen atoms in total. The zero-order chi connectivity index (χ0) is 11.7. The molecule has 2 heterocycles. The van der Waals surface area contributed by atoms with Gasteiger partial charge in [-0.25, -0.2) is 9.78 Å². The molecule has 2 aromatic rings. The number of imidazole rings is 1. The highest BCUT2D eigenvalue weighted by molar-refractivity contribution is 7.15. The Balaban J connectivity index is 2.26. The number of nitrogen functional groups attached to an aromatic ring is 1. The Hall–Kier alpha value is -1.56. The first-order valence-electron chi connectivity index (χ1n) is 5.05. The second-order valence-electron chi connectivity index (χ2n) is 3.87. The van der Waals surface area contributed by atoms with Crippen LogP contribution in [0.2, 0.25) is 0 Å². The van der Waals surface area contributed by atoms with Crippen LogP contribution in [0.15, 0.2) is 23.4 Å². The molecule has 0 unspecified atom stereocenters. The zero-order valence-electron chi connectivity index (χ0n) is 9.25. The highest BCUT2D eigenvalue weighted by atomic mass is 32.1. The van der Waals surface area contributed by atoms with Crippen LogP contribution in [0.25, 0.3) is 0 Å². The van der Waals surface area contributed by atoms with E-state index in [1.807, 2.05) is 13.8 Å². The lowest BCUT2D eigenvalue weighted by molar-refractivity contribution is 0.562. The van der Waals surface area contributed by atoms with Gasteiger partial charge in [-0.15, -0.1) is 11.3 Å². The highest BCUT2D eigenvalue weighted by Gasteiger charge is 2.07. The summed E-state index contributed by atoms with van der Waals surface area (Å²) in [6, 6.07) is 0.181. The molecule has 0 fully saturated rings. The van der Waals surface area contributed by atoms with E-state index >= 15 is 0 Å². The summed E-state index contributed by atoms with van der Waals surface area (Å²) in [6.45, 7) is 4.50. The van der Waals surface area contributed by atoms with Gasteiger partial charge < -0.3 is 5.73 Å². The molecule has 0 saturated heterocycles. The van der Waals surface area contributed by atoms with Crippen LogP contribution in [0.5, 0.6) is 0 Å². The third-order valence-corrected chi connectivity index (χ3v) is 3.14. The number of aromatic nitrogens is 3. The Labute approximate surface area is 97.2 Å². The van der Waals surface area contributed by atoms with Crippen LogP contribution in [0, 0.1) is 0 Å². The van der Waals surface area contributed by atoms with Gasteiger partial charge in [-0.3, -0.25) is 9.13 Å². The smallest absolute Gasteiger partial charge is 0.328 e. The van der Waals surface area contributed by atoms with E-state index in [9.17, 15) is 4.79 Å². The first-order chi connectivity index (χ1) is 7.58. The molecule has 0 radical (unpaired) electrons. The van der Waals surface area contributed by atoms with Gasteiger partial charge in [0.1, 0.15) is 0 Å². The normalized spacial score (nSPS) is 11.2. The fraction of sp³-hybridized carbons (Fsp3) is 0.400. The van der Waals surface area contributed by atoms with Crippen LogP contribution in [0.1, 0.15) is 24.8 Å². The van der Waals surface area contributed by atoms with Crippen molar-refractivity contribution in [3.05, 3.63) is 34.0 Å². The van der Waals surface area contributed by atoms with Crippen LogP contribution in [0.3, 0.4) is 0 Å². The van der Waals surface area contributed by atoms with E-state index in [0.29, 0.717) is 11.7 Å². The summed E-state index contributed by atoms with van der Waals surface area (Å²) >= 11 is 1.41. The molecule has 0 aliphatic carbocycles. The van der Waals surface area contributed by atoms with Gasteiger partial charge in [-0.1, -0.05) is 0 Å². The summed E-state index contributed by atoms with van der Waals surface area (Å²) in [6.07, 6.45) is 5.30. The van der Waals surface area contributed by atoms with Gasteiger partial charge in [-0.05, 0) is 13.8 Å². The lowest BCUT2D eigenvalue weighted by atomic mass is 10.4. The van der Waals surface area contributed by atoms with Gasteiger partial charge >= 0.3 is 5.69 Å². The fourth-order valence-corrected chi connectivity index (χ4v) is 2.19. The first-order valence-corrected chi connectivity index (χ1v) is 5.87. The molecule has 0 saturated carbocycles. The number of rotatable bonds is 3. The number of nitrogens with two attached hydrogens (primary N) is 1. The lowest BCUT2D eigenvalue weighted by Gasteiger charge is -2.03. The van der Waals surface area contributed by atoms with Crippen LogP contribution in [0.4, 0.5) is 5.13 Å². The number of thiazole rings is 1. The molecule has 0 aromatic carbocycles. The maximum atomic E-state index is 11.9. The number of anilines is 1. The zero-order valence-corrected chi connectivity index (χ0v) is 10.1. The van der Waals surface area contributed by atoms with Crippen LogP contribution >= 0.6 is 11.3 Å². The molecule has 0 aliphatic rings. The molecular formula is C10H14N4OS. The van der Waals surface area contributed by atoms with Crippen LogP contribution in [-0.4, -0.2) is 14.1 Å². The molecule has 2 rings (SSSR count). The maximum absolute atomic E-state index is 11.9. The Kier molecular flexibility index (Phi) is 2.82. The van der Waals surface area contributed by atoms with Crippen molar-refractivity contribution >= 4 is 16.5 Å². The quantitative estimate of drug-likeness (QED) is 0.877. The summed E-state index contributed by atoms with van der Waals surface area (Å²) in [5.41, 5.74) is 5.54. The number of hydrogen-bond donors (Lipinski definition) is 1. The van der Waals surface area contributed by atoms with Gasteiger partial charge in [0.2, 0.25) is 0 Å². The van der Waals surface area contributed by atoms with E-state index in [1.165, 1.54) is 11.3 Å². The molecule has 0 amide bonds. The molecule has 0 spiro atoms. The third-order valence-electron chi connectivity index (χ3n) is 2.33. The summed E-state index contributed by atoms with van der Waals surface area (Å²) in [4.78, 5) is 16.8. The van der Waals surface area contributed by atoms with Crippen molar-refractivity contribution in [2.75, 3.05) is 5.73 Å². The Morgan fingerprint density at radius 3 is 2.75 bits per heavy atom. The molecule has 0 aliphatic heterocycles. The summed E-state index contributed by atoms with van der Waals surface area (Å²) < 4.78 is 3.36. The van der Waals surface area contributed by atoms with E-state index in [2.05, 4.69) is 4.98 Å². The minimum atomic E-state index is 0.00183. The van der Waals surface area contributed by atoms with Gasteiger partial charge in [0.25, 0.3) is 0 Å². The highest BCUT2D eigenvalue weighted by Crippen LogP contribution is 2.15. The molecule has 2 N–H and O–H groups in total. The van der Waals surface area contributed by atoms with Crippen molar-refractivity contribution in [3.8, 4) is 0 Å². The molecular weight excluding hydrogens is 224 g/mol. The second-order valence-corrected chi connectivity index (χ2v) is 5.02. The Bertz CT molecular complexity index is 537. The second kappa shape index (κ2) is 4.13. The maximum Gasteiger partial charge on any atom is 0.328 e.